The molecule has 0 aromatic carbocycles. The summed E-state index contributed by atoms with van der Waals surface area (Å²) in [6.07, 6.45) is 2.18. The number of likely N-dealkylation sites (tertiary alicyclic amines) is 2. The first-order valence-electron chi connectivity index (χ1n) is 8.71. The molecule has 1 N–H and O–H groups in total. The number of hydrogen-bond donors (Lipinski definition) is 1. The highest BCUT2D eigenvalue weighted by atomic mass is 32.1. The van der Waals surface area contributed by atoms with Gasteiger partial charge in [-0.2, -0.15) is 0 Å². The fourth-order valence-electron chi connectivity index (χ4n) is 4.28. The zero-order chi connectivity index (χ0) is 16.4. The molecule has 2 fully saturated rings. The number of rotatable bonds is 4. The van der Waals surface area contributed by atoms with Gasteiger partial charge >= 0.3 is 0 Å². The zero-order valence-electron chi connectivity index (χ0n) is 14.2. The number of thiophene rings is 1. The van der Waals surface area contributed by atoms with Crippen LogP contribution in [0.1, 0.15) is 29.5 Å². The molecule has 3 rings (SSSR count). The Morgan fingerprint density at radius 3 is 2.61 bits per heavy atom. The zero-order valence-corrected chi connectivity index (χ0v) is 15.0. The van der Waals surface area contributed by atoms with Gasteiger partial charge in [0, 0.05) is 56.0 Å². The molecule has 3 heterocycles. The van der Waals surface area contributed by atoms with Crippen molar-refractivity contribution in [2.45, 2.75) is 33.2 Å². The second-order valence-corrected chi connectivity index (χ2v) is 8.53. The van der Waals surface area contributed by atoms with Crippen molar-refractivity contribution in [2.24, 2.45) is 17.8 Å². The lowest BCUT2D eigenvalue weighted by molar-refractivity contribution is -0.130. The number of nitrogens with zero attached hydrogens (tertiary/aromatic N) is 2. The smallest absolute Gasteiger partial charge is 0.219 e. The fraction of sp³-hybridized carbons (Fsp3) is 0.722. The molecule has 2 saturated heterocycles. The third-order valence-electron chi connectivity index (χ3n) is 5.57. The normalized spacial score (nSPS) is 26.8. The molecule has 0 bridgehead atoms. The molecule has 4 nitrogen and oxygen atoms in total. The van der Waals surface area contributed by atoms with Crippen molar-refractivity contribution in [3.8, 4) is 0 Å². The molecule has 0 saturated carbocycles. The van der Waals surface area contributed by atoms with Crippen molar-refractivity contribution < 1.29 is 9.90 Å². The Kier molecular flexibility index (Phi) is 5.39. The summed E-state index contributed by atoms with van der Waals surface area (Å²) in [5.74, 6) is 1.82. The number of aliphatic hydroxyl groups excluding tert-OH is 1. The highest BCUT2D eigenvalue weighted by molar-refractivity contribution is 7.11. The van der Waals surface area contributed by atoms with E-state index in [2.05, 4.69) is 24.0 Å². The molecule has 0 aliphatic carbocycles. The van der Waals surface area contributed by atoms with Crippen LogP contribution in [0, 0.1) is 24.7 Å². The van der Waals surface area contributed by atoms with Gasteiger partial charge in [0.05, 0.1) is 0 Å². The van der Waals surface area contributed by atoms with Crippen LogP contribution in [0.25, 0.3) is 0 Å². The predicted octanol–water partition coefficient (Wildman–Crippen LogP) is 2.36. The van der Waals surface area contributed by atoms with Crippen LogP contribution in [0.2, 0.25) is 0 Å². The molecular weight excluding hydrogens is 308 g/mol. The molecule has 2 atom stereocenters. The van der Waals surface area contributed by atoms with Crippen LogP contribution in [0.4, 0.5) is 0 Å². The molecule has 23 heavy (non-hydrogen) atoms. The largest absolute Gasteiger partial charge is 0.396 e. The van der Waals surface area contributed by atoms with Gasteiger partial charge in [-0.1, -0.05) is 0 Å². The highest BCUT2D eigenvalue weighted by Crippen LogP contribution is 2.36. The van der Waals surface area contributed by atoms with E-state index in [9.17, 15) is 9.90 Å². The van der Waals surface area contributed by atoms with Crippen molar-refractivity contribution >= 4 is 17.2 Å². The van der Waals surface area contributed by atoms with E-state index >= 15 is 0 Å². The van der Waals surface area contributed by atoms with Crippen LogP contribution in [0.15, 0.2) is 12.1 Å². The lowest BCUT2D eigenvalue weighted by Crippen LogP contribution is -2.40. The van der Waals surface area contributed by atoms with Crippen molar-refractivity contribution in [1.82, 2.24) is 9.80 Å². The minimum Gasteiger partial charge on any atom is -0.396 e. The van der Waals surface area contributed by atoms with E-state index in [0.29, 0.717) is 17.8 Å². The molecule has 0 unspecified atom stereocenters. The van der Waals surface area contributed by atoms with Crippen molar-refractivity contribution in [3.05, 3.63) is 21.9 Å². The van der Waals surface area contributed by atoms with Crippen molar-refractivity contribution in [3.63, 3.8) is 0 Å². The van der Waals surface area contributed by atoms with E-state index in [0.717, 1.165) is 45.6 Å². The number of carbonyl (C=O) groups is 1. The maximum atomic E-state index is 11.5. The first-order chi connectivity index (χ1) is 11.1. The Labute approximate surface area is 143 Å². The third kappa shape index (κ3) is 3.95. The number of aryl methyl sites for hydroxylation is 1. The Balaban J connectivity index is 1.58. The SMILES string of the molecule is CC(=O)N1CCC([C@@H]2CN(Cc3ccc(C)s3)C[C@H]2CO)CC1. The molecule has 128 valence electrons. The third-order valence-corrected chi connectivity index (χ3v) is 6.55. The molecule has 1 aromatic rings. The van der Waals surface area contributed by atoms with E-state index in [1.165, 1.54) is 9.75 Å². The standard InChI is InChI=1S/C18H28N2O2S/c1-13-3-4-17(23-13)10-19-9-16(12-21)18(11-19)15-5-7-20(8-6-15)14(2)22/h3-4,15-16,18,21H,5-12H2,1-2H3/t16-,18-/m0/s1. The first kappa shape index (κ1) is 16.9. The van der Waals surface area contributed by atoms with E-state index < -0.39 is 0 Å². The number of aliphatic hydroxyl groups is 1. The summed E-state index contributed by atoms with van der Waals surface area (Å²) in [5.41, 5.74) is 0. The number of amides is 1. The monoisotopic (exact) mass is 336 g/mol. The van der Waals surface area contributed by atoms with Crippen LogP contribution in [-0.4, -0.2) is 53.6 Å². The molecule has 0 spiro atoms. The first-order valence-corrected chi connectivity index (χ1v) is 9.52. The number of hydrogen-bond acceptors (Lipinski definition) is 4. The van der Waals surface area contributed by atoms with Gasteiger partial charge in [-0.15, -0.1) is 11.3 Å². The van der Waals surface area contributed by atoms with Gasteiger partial charge in [0.15, 0.2) is 0 Å². The summed E-state index contributed by atoms with van der Waals surface area (Å²) >= 11 is 1.88. The maximum absolute atomic E-state index is 11.5. The van der Waals surface area contributed by atoms with Gasteiger partial charge in [0.25, 0.3) is 0 Å². The van der Waals surface area contributed by atoms with E-state index in [4.69, 9.17) is 0 Å². The molecular formula is C18H28N2O2S. The molecule has 0 radical (unpaired) electrons. The van der Waals surface area contributed by atoms with Gasteiger partial charge in [-0.3, -0.25) is 9.69 Å². The van der Waals surface area contributed by atoms with Crippen LogP contribution >= 0.6 is 11.3 Å². The van der Waals surface area contributed by atoms with Gasteiger partial charge in [0.2, 0.25) is 5.91 Å². The van der Waals surface area contributed by atoms with E-state index in [1.807, 2.05) is 16.2 Å². The minimum atomic E-state index is 0.197. The molecule has 1 amide bonds. The number of carbonyl (C=O) groups excluding carboxylic acids is 1. The van der Waals surface area contributed by atoms with Crippen LogP contribution in [-0.2, 0) is 11.3 Å². The predicted molar refractivity (Wildman–Crippen MR) is 93.4 cm³/mol. The quantitative estimate of drug-likeness (QED) is 0.918. The topological polar surface area (TPSA) is 43.8 Å². The van der Waals surface area contributed by atoms with Gasteiger partial charge < -0.3 is 10.0 Å². The summed E-state index contributed by atoms with van der Waals surface area (Å²) in [5, 5.41) is 9.81. The Hall–Kier alpha value is -0.910. The Morgan fingerprint density at radius 2 is 2.04 bits per heavy atom. The van der Waals surface area contributed by atoms with Crippen molar-refractivity contribution in [2.75, 3.05) is 32.8 Å². The fourth-order valence-corrected chi connectivity index (χ4v) is 5.21. The minimum absolute atomic E-state index is 0.197. The summed E-state index contributed by atoms with van der Waals surface area (Å²) in [4.78, 5) is 18.7. The second kappa shape index (κ2) is 7.32. The summed E-state index contributed by atoms with van der Waals surface area (Å²) < 4.78 is 0. The van der Waals surface area contributed by atoms with Gasteiger partial charge in [-0.05, 0) is 49.7 Å². The lowest BCUT2D eigenvalue weighted by Gasteiger charge is -2.36. The van der Waals surface area contributed by atoms with E-state index in [-0.39, 0.29) is 12.5 Å². The number of piperidine rings is 1. The second-order valence-electron chi connectivity index (χ2n) is 7.16. The molecule has 2 aliphatic heterocycles. The summed E-state index contributed by atoms with van der Waals surface area (Å²) in [6.45, 7) is 8.99. The Bertz CT molecular complexity index is 537. The highest BCUT2D eigenvalue weighted by Gasteiger charge is 2.38. The van der Waals surface area contributed by atoms with Gasteiger partial charge in [-0.25, -0.2) is 0 Å². The summed E-state index contributed by atoms with van der Waals surface area (Å²) in [6, 6.07) is 4.42. The summed E-state index contributed by atoms with van der Waals surface area (Å²) in [7, 11) is 0. The van der Waals surface area contributed by atoms with Crippen LogP contribution in [0.5, 0.6) is 0 Å². The van der Waals surface area contributed by atoms with E-state index in [1.54, 1.807) is 6.92 Å². The van der Waals surface area contributed by atoms with Crippen LogP contribution < -0.4 is 0 Å². The molecule has 2 aliphatic rings. The van der Waals surface area contributed by atoms with Crippen molar-refractivity contribution in [1.29, 1.82) is 0 Å². The van der Waals surface area contributed by atoms with Crippen LogP contribution in [0.3, 0.4) is 0 Å². The average Bonchev–Trinajstić information content (AvgIpc) is 3.13. The molecule has 1 aromatic heterocycles. The average molecular weight is 337 g/mol. The Morgan fingerprint density at radius 1 is 1.30 bits per heavy atom. The lowest BCUT2D eigenvalue weighted by atomic mass is 9.79. The van der Waals surface area contributed by atoms with Gasteiger partial charge in [0.1, 0.15) is 0 Å². The maximum Gasteiger partial charge on any atom is 0.219 e. The molecule has 5 heteroatoms.